The molecular formula is C17H17N3O4. The van der Waals surface area contributed by atoms with Gasteiger partial charge in [-0.3, -0.25) is 4.79 Å². The molecule has 24 heavy (non-hydrogen) atoms. The highest BCUT2D eigenvalue weighted by Gasteiger charge is 2.13. The minimum atomic E-state index is -0.653. The van der Waals surface area contributed by atoms with E-state index in [4.69, 9.17) is 9.15 Å². The topological polar surface area (TPSA) is 86.4 Å². The largest absolute Gasteiger partial charge is 0.497 e. The normalized spacial score (nSPS) is 10.7. The molecule has 1 N–H and O–H groups in total. The second kappa shape index (κ2) is 6.99. The van der Waals surface area contributed by atoms with Crippen LogP contribution in [-0.4, -0.2) is 29.1 Å². The average Bonchev–Trinajstić information content (AvgIpc) is 3.11. The Bertz CT molecular complexity index is 900. The Morgan fingerprint density at radius 1 is 1.38 bits per heavy atom. The molecular weight excluding hydrogens is 310 g/mol. The predicted octanol–water partition coefficient (Wildman–Crippen LogP) is 1.82. The molecule has 0 radical (unpaired) electrons. The molecule has 2 heterocycles. The lowest BCUT2D eigenvalue weighted by Crippen LogP contribution is -2.29. The summed E-state index contributed by atoms with van der Waals surface area (Å²) in [5.41, 5.74) is -0.254. The number of aryl methyl sites for hydroxylation is 1. The second-order valence-corrected chi connectivity index (χ2v) is 5.26. The van der Waals surface area contributed by atoms with Crippen molar-refractivity contribution in [2.24, 2.45) is 0 Å². The van der Waals surface area contributed by atoms with Crippen LogP contribution in [0.4, 0.5) is 0 Å². The number of rotatable bonds is 6. The quantitative estimate of drug-likeness (QED) is 0.551. The number of aromatic nitrogens is 2. The first-order valence-corrected chi connectivity index (χ1v) is 7.53. The molecule has 0 saturated carbocycles. The number of nitrogens with zero attached hydrogens (tertiary/aromatic N) is 2. The number of imidazole rings is 1. The molecule has 0 saturated heterocycles. The highest BCUT2D eigenvalue weighted by Crippen LogP contribution is 2.20. The van der Waals surface area contributed by atoms with Crippen molar-refractivity contribution < 1.29 is 13.9 Å². The number of carbonyl (C=O) groups excluding carboxylic acids is 1. The summed E-state index contributed by atoms with van der Waals surface area (Å²) in [5, 5.41) is 3.37. The molecule has 0 spiro atoms. The number of hydrogen-bond donors (Lipinski definition) is 1. The zero-order valence-corrected chi connectivity index (χ0v) is 13.2. The Hall–Kier alpha value is -3.09. The van der Waals surface area contributed by atoms with Crippen LogP contribution >= 0.6 is 0 Å². The van der Waals surface area contributed by atoms with Crippen molar-refractivity contribution in [1.29, 1.82) is 0 Å². The Morgan fingerprint density at radius 3 is 3.00 bits per heavy atom. The molecule has 7 nitrogen and oxygen atoms in total. The fraction of sp³-hybridized carbons (Fsp3) is 0.235. The first kappa shape index (κ1) is 15.8. The van der Waals surface area contributed by atoms with Crippen LogP contribution in [0.15, 0.2) is 52.2 Å². The third kappa shape index (κ3) is 3.45. The third-order valence-electron chi connectivity index (χ3n) is 3.62. The second-order valence-electron chi connectivity index (χ2n) is 5.26. The molecule has 3 rings (SSSR count). The van der Waals surface area contributed by atoms with Gasteiger partial charge in [-0.1, -0.05) is 0 Å². The number of nitrogens with one attached hydrogen (secondary N) is 1. The van der Waals surface area contributed by atoms with E-state index in [1.807, 2.05) is 10.8 Å². The monoisotopic (exact) mass is 327 g/mol. The van der Waals surface area contributed by atoms with Gasteiger partial charge in [-0.25, -0.2) is 9.78 Å². The third-order valence-corrected chi connectivity index (χ3v) is 3.62. The van der Waals surface area contributed by atoms with Crippen LogP contribution in [0.3, 0.4) is 0 Å². The van der Waals surface area contributed by atoms with E-state index in [1.165, 1.54) is 6.07 Å². The molecule has 0 aliphatic carbocycles. The van der Waals surface area contributed by atoms with Crippen LogP contribution in [-0.2, 0) is 6.54 Å². The Balaban J connectivity index is 1.69. The lowest BCUT2D eigenvalue weighted by molar-refractivity contribution is 0.0949. The molecule has 124 valence electrons. The van der Waals surface area contributed by atoms with Crippen molar-refractivity contribution in [1.82, 2.24) is 14.9 Å². The van der Waals surface area contributed by atoms with Gasteiger partial charge in [0, 0.05) is 30.9 Å². The smallest absolute Gasteiger partial charge is 0.349 e. The number of benzene rings is 1. The van der Waals surface area contributed by atoms with Crippen LogP contribution in [0, 0.1) is 0 Å². The van der Waals surface area contributed by atoms with Gasteiger partial charge in [0.1, 0.15) is 16.9 Å². The van der Waals surface area contributed by atoms with E-state index in [9.17, 15) is 9.59 Å². The van der Waals surface area contributed by atoms with E-state index in [0.29, 0.717) is 23.3 Å². The molecule has 2 aromatic heterocycles. The van der Waals surface area contributed by atoms with Crippen LogP contribution < -0.4 is 15.7 Å². The highest BCUT2D eigenvalue weighted by atomic mass is 16.5. The van der Waals surface area contributed by atoms with E-state index < -0.39 is 11.5 Å². The first-order valence-electron chi connectivity index (χ1n) is 7.53. The molecule has 0 atom stereocenters. The summed E-state index contributed by atoms with van der Waals surface area (Å²) in [7, 11) is 1.55. The van der Waals surface area contributed by atoms with E-state index in [2.05, 4.69) is 10.3 Å². The number of amides is 1. The maximum absolute atomic E-state index is 12.2. The summed E-state index contributed by atoms with van der Waals surface area (Å²) < 4.78 is 12.3. The highest BCUT2D eigenvalue weighted by molar-refractivity contribution is 5.96. The molecule has 0 fully saturated rings. The van der Waals surface area contributed by atoms with Gasteiger partial charge in [0.2, 0.25) is 0 Å². The van der Waals surface area contributed by atoms with E-state index in [0.717, 1.165) is 13.0 Å². The van der Waals surface area contributed by atoms with Crippen molar-refractivity contribution in [3.05, 3.63) is 59.0 Å². The Morgan fingerprint density at radius 2 is 2.25 bits per heavy atom. The fourth-order valence-electron chi connectivity index (χ4n) is 2.36. The van der Waals surface area contributed by atoms with E-state index in [1.54, 1.807) is 37.8 Å². The number of ether oxygens (including phenoxy) is 1. The van der Waals surface area contributed by atoms with E-state index >= 15 is 0 Å². The van der Waals surface area contributed by atoms with Gasteiger partial charge in [-0.05, 0) is 30.7 Å². The average molecular weight is 327 g/mol. The zero-order valence-electron chi connectivity index (χ0n) is 13.2. The summed E-state index contributed by atoms with van der Waals surface area (Å²) in [6.07, 6.45) is 6.00. The first-order chi connectivity index (χ1) is 11.7. The maximum Gasteiger partial charge on any atom is 0.349 e. The van der Waals surface area contributed by atoms with Gasteiger partial charge in [-0.2, -0.15) is 0 Å². The Kier molecular flexibility index (Phi) is 4.60. The molecule has 3 aromatic rings. The molecule has 0 unspecified atom stereocenters. The number of hydrogen-bond acceptors (Lipinski definition) is 5. The summed E-state index contributed by atoms with van der Waals surface area (Å²) in [4.78, 5) is 28.1. The Labute approximate surface area is 137 Å². The summed E-state index contributed by atoms with van der Waals surface area (Å²) in [6, 6.07) is 6.58. The standard InChI is InChI=1S/C17H17N3O4/c1-23-13-3-4-15-12(9-13)10-14(17(22)24-15)16(21)19-5-2-7-20-8-6-18-11-20/h3-4,6,8-11H,2,5,7H2,1H3,(H,19,21). The fourth-order valence-corrected chi connectivity index (χ4v) is 2.36. The molecule has 0 bridgehead atoms. The van der Waals surface area contributed by atoms with E-state index in [-0.39, 0.29) is 5.56 Å². The number of fused-ring (bicyclic) bond motifs is 1. The number of methoxy groups -OCH3 is 1. The summed E-state index contributed by atoms with van der Waals surface area (Å²) >= 11 is 0. The van der Waals surface area contributed by atoms with Crippen LogP contribution in [0.5, 0.6) is 5.75 Å². The minimum Gasteiger partial charge on any atom is -0.497 e. The van der Waals surface area contributed by atoms with Gasteiger partial charge in [0.05, 0.1) is 13.4 Å². The van der Waals surface area contributed by atoms with Crippen LogP contribution in [0.25, 0.3) is 11.0 Å². The van der Waals surface area contributed by atoms with Gasteiger partial charge in [0.25, 0.3) is 5.91 Å². The van der Waals surface area contributed by atoms with Gasteiger partial charge in [-0.15, -0.1) is 0 Å². The summed E-state index contributed by atoms with van der Waals surface area (Å²) in [6.45, 7) is 1.19. The molecule has 7 heteroatoms. The molecule has 1 amide bonds. The molecule has 1 aromatic carbocycles. The minimum absolute atomic E-state index is 0.0154. The van der Waals surface area contributed by atoms with Crippen molar-refractivity contribution >= 4 is 16.9 Å². The van der Waals surface area contributed by atoms with Gasteiger partial charge in [0.15, 0.2) is 0 Å². The lowest BCUT2D eigenvalue weighted by atomic mass is 10.1. The lowest BCUT2D eigenvalue weighted by Gasteiger charge is -2.06. The van der Waals surface area contributed by atoms with Crippen LogP contribution in [0.2, 0.25) is 0 Å². The summed E-state index contributed by atoms with van der Waals surface area (Å²) in [5.74, 6) is 0.183. The SMILES string of the molecule is COc1ccc2oc(=O)c(C(=O)NCCCn3ccnc3)cc2c1. The molecule has 0 aliphatic rings. The predicted molar refractivity (Wildman–Crippen MR) is 88.2 cm³/mol. The van der Waals surface area contributed by atoms with Crippen molar-refractivity contribution in [2.45, 2.75) is 13.0 Å². The van der Waals surface area contributed by atoms with Crippen molar-refractivity contribution in [2.75, 3.05) is 13.7 Å². The van der Waals surface area contributed by atoms with Gasteiger partial charge >= 0.3 is 5.63 Å². The molecule has 0 aliphatic heterocycles. The van der Waals surface area contributed by atoms with Gasteiger partial charge < -0.3 is 19.0 Å². The van der Waals surface area contributed by atoms with Crippen molar-refractivity contribution in [3.63, 3.8) is 0 Å². The number of carbonyl (C=O) groups is 1. The zero-order chi connectivity index (χ0) is 16.9. The maximum atomic E-state index is 12.2. The van der Waals surface area contributed by atoms with Crippen LogP contribution in [0.1, 0.15) is 16.8 Å². The van der Waals surface area contributed by atoms with Crippen molar-refractivity contribution in [3.8, 4) is 5.75 Å².